The molecule has 0 atom stereocenters. The van der Waals surface area contributed by atoms with Crippen LogP contribution in [0.5, 0.6) is 0 Å². The molecule has 0 unspecified atom stereocenters. The Labute approximate surface area is 153 Å². The highest BCUT2D eigenvalue weighted by Crippen LogP contribution is 2.20. The van der Waals surface area contributed by atoms with Crippen molar-refractivity contribution in [1.29, 1.82) is 0 Å². The second-order valence-corrected chi connectivity index (χ2v) is 6.83. The topological polar surface area (TPSA) is 61.8 Å². The van der Waals surface area contributed by atoms with Crippen LogP contribution in [0.25, 0.3) is 0 Å². The van der Waals surface area contributed by atoms with Crippen molar-refractivity contribution in [3.05, 3.63) is 71.3 Å². The molecule has 0 bridgehead atoms. The minimum atomic E-state index is -0.391. The molecule has 1 aliphatic rings. The van der Waals surface area contributed by atoms with Crippen molar-refractivity contribution in [3.63, 3.8) is 0 Å². The highest BCUT2D eigenvalue weighted by Gasteiger charge is 2.28. The van der Waals surface area contributed by atoms with Gasteiger partial charge in [-0.1, -0.05) is 62.4 Å². The molecule has 5 nitrogen and oxygen atoms in total. The number of nitrogens with one attached hydrogen (secondary N) is 1. The molecule has 0 saturated carbocycles. The predicted octanol–water partition coefficient (Wildman–Crippen LogP) is 3.50. The normalized spacial score (nSPS) is 15.3. The predicted molar refractivity (Wildman–Crippen MR) is 102 cm³/mol. The van der Waals surface area contributed by atoms with Gasteiger partial charge in [-0.15, -0.1) is 0 Å². The van der Waals surface area contributed by atoms with Crippen LogP contribution < -0.4 is 5.32 Å². The average Bonchev–Trinajstić information content (AvgIpc) is 2.64. The third-order valence-electron chi connectivity index (χ3n) is 4.20. The first kappa shape index (κ1) is 17.9. The van der Waals surface area contributed by atoms with Gasteiger partial charge >= 0.3 is 6.03 Å². The van der Waals surface area contributed by atoms with E-state index in [2.05, 4.69) is 24.2 Å². The maximum atomic E-state index is 12.7. The first-order chi connectivity index (χ1) is 12.5. The Morgan fingerprint density at radius 3 is 2.42 bits per heavy atom. The Morgan fingerprint density at radius 1 is 1.08 bits per heavy atom. The lowest BCUT2D eigenvalue weighted by Gasteiger charge is -2.30. The first-order valence-corrected chi connectivity index (χ1v) is 8.82. The summed E-state index contributed by atoms with van der Waals surface area (Å²) in [5.41, 5.74) is 2.99. The van der Waals surface area contributed by atoms with E-state index in [0.717, 1.165) is 11.1 Å². The van der Waals surface area contributed by atoms with E-state index in [-0.39, 0.29) is 5.91 Å². The Balaban J connectivity index is 1.80. The SMILES string of the molecule is CC(C)CN1CC(=NC(=O)NCc2ccccc2)c2ccccc2C1=O. The van der Waals surface area contributed by atoms with Crippen LogP contribution in [0.2, 0.25) is 0 Å². The van der Waals surface area contributed by atoms with Crippen LogP contribution in [-0.2, 0) is 6.54 Å². The van der Waals surface area contributed by atoms with E-state index in [0.29, 0.717) is 36.8 Å². The van der Waals surface area contributed by atoms with Gasteiger partial charge in [-0.25, -0.2) is 4.79 Å². The van der Waals surface area contributed by atoms with Crippen LogP contribution in [0.4, 0.5) is 4.79 Å². The largest absolute Gasteiger partial charge is 0.341 e. The van der Waals surface area contributed by atoms with Crippen LogP contribution in [-0.4, -0.2) is 35.6 Å². The molecule has 1 N–H and O–H groups in total. The zero-order chi connectivity index (χ0) is 18.5. The number of rotatable bonds is 4. The van der Waals surface area contributed by atoms with Gasteiger partial charge in [-0.3, -0.25) is 4.79 Å². The molecule has 2 aromatic carbocycles. The Hall–Kier alpha value is -2.95. The van der Waals surface area contributed by atoms with Crippen molar-refractivity contribution in [2.24, 2.45) is 10.9 Å². The lowest BCUT2D eigenvalue weighted by atomic mass is 9.96. The fourth-order valence-corrected chi connectivity index (χ4v) is 3.05. The molecule has 26 heavy (non-hydrogen) atoms. The fraction of sp³-hybridized carbons (Fsp3) is 0.286. The van der Waals surface area contributed by atoms with Gasteiger partial charge in [0.05, 0.1) is 12.3 Å². The zero-order valence-corrected chi connectivity index (χ0v) is 15.1. The smallest absolute Gasteiger partial charge is 0.332 e. The summed E-state index contributed by atoms with van der Waals surface area (Å²) in [5.74, 6) is 0.343. The number of fused-ring (bicyclic) bond motifs is 1. The van der Waals surface area contributed by atoms with Gasteiger partial charge in [0.25, 0.3) is 5.91 Å². The van der Waals surface area contributed by atoms with Crippen molar-refractivity contribution in [1.82, 2.24) is 10.2 Å². The number of hydrogen-bond donors (Lipinski definition) is 1. The van der Waals surface area contributed by atoms with Crippen molar-refractivity contribution < 1.29 is 9.59 Å². The van der Waals surface area contributed by atoms with E-state index in [9.17, 15) is 9.59 Å². The van der Waals surface area contributed by atoms with Crippen LogP contribution in [0, 0.1) is 5.92 Å². The molecule has 0 radical (unpaired) electrons. The standard InChI is InChI=1S/C21H23N3O2/c1-15(2)13-24-14-19(17-10-6-7-11-18(17)20(24)25)23-21(26)22-12-16-8-4-3-5-9-16/h3-11,15H,12-14H2,1-2H3,(H,22,26). The van der Waals surface area contributed by atoms with Gasteiger partial charge < -0.3 is 10.2 Å². The zero-order valence-electron chi connectivity index (χ0n) is 15.1. The highest BCUT2D eigenvalue weighted by molar-refractivity contribution is 6.18. The van der Waals surface area contributed by atoms with Crippen LogP contribution in [0.3, 0.4) is 0 Å². The van der Waals surface area contributed by atoms with Crippen LogP contribution in [0.15, 0.2) is 59.6 Å². The van der Waals surface area contributed by atoms with Crippen LogP contribution >= 0.6 is 0 Å². The molecule has 0 saturated heterocycles. The van der Waals surface area contributed by atoms with E-state index in [4.69, 9.17) is 0 Å². The molecule has 2 aromatic rings. The highest BCUT2D eigenvalue weighted by atomic mass is 16.2. The quantitative estimate of drug-likeness (QED) is 0.918. The Kier molecular flexibility index (Phi) is 5.46. The van der Waals surface area contributed by atoms with Crippen molar-refractivity contribution in [2.75, 3.05) is 13.1 Å². The molecule has 5 heteroatoms. The lowest BCUT2D eigenvalue weighted by Crippen LogP contribution is -2.43. The summed E-state index contributed by atoms with van der Waals surface area (Å²) in [5, 5.41) is 2.81. The molecule has 0 fully saturated rings. The molecule has 3 rings (SSSR count). The number of nitrogens with zero attached hydrogens (tertiary/aromatic N) is 2. The van der Waals surface area contributed by atoms with Gasteiger partial charge in [0.1, 0.15) is 0 Å². The van der Waals surface area contributed by atoms with E-state index >= 15 is 0 Å². The molecule has 1 aliphatic heterocycles. The second kappa shape index (κ2) is 7.95. The molecule has 1 heterocycles. The van der Waals surface area contributed by atoms with E-state index < -0.39 is 6.03 Å². The summed E-state index contributed by atoms with van der Waals surface area (Å²) >= 11 is 0. The summed E-state index contributed by atoms with van der Waals surface area (Å²) in [6.07, 6.45) is 0. The number of urea groups is 1. The summed E-state index contributed by atoms with van der Waals surface area (Å²) in [7, 11) is 0. The first-order valence-electron chi connectivity index (χ1n) is 8.82. The average molecular weight is 349 g/mol. The van der Waals surface area contributed by atoms with Gasteiger partial charge in [-0.2, -0.15) is 4.99 Å². The number of aliphatic imine (C=N–C) groups is 1. The van der Waals surface area contributed by atoms with E-state index in [1.54, 1.807) is 11.0 Å². The molecule has 0 aromatic heterocycles. The molecule has 134 valence electrons. The number of carbonyl (C=O) groups is 2. The minimum absolute atomic E-state index is 0.00190. The number of carbonyl (C=O) groups excluding carboxylic acids is 2. The Bertz CT molecular complexity index is 828. The van der Waals surface area contributed by atoms with Gasteiger partial charge in [0.2, 0.25) is 0 Å². The van der Waals surface area contributed by atoms with Gasteiger partial charge in [0, 0.05) is 24.2 Å². The fourth-order valence-electron chi connectivity index (χ4n) is 3.05. The van der Waals surface area contributed by atoms with Gasteiger partial charge in [-0.05, 0) is 17.5 Å². The maximum Gasteiger partial charge on any atom is 0.341 e. The number of amides is 3. The summed E-state index contributed by atoms with van der Waals surface area (Å²) in [6, 6.07) is 16.6. The van der Waals surface area contributed by atoms with Crippen molar-refractivity contribution >= 4 is 17.6 Å². The monoisotopic (exact) mass is 349 g/mol. The Morgan fingerprint density at radius 2 is 1.73 bits per heavy atom. The summed E-state index contributed by atoms with van der Waals surface area (Å²) in [4.78, 5) is 31.0. The number of benzene rings is 2. The van der Waals surface area contributed by atoms with E-state index in [1.807, 2.05) is 48.5 Å². The molecular formula is C21H23N3O2. The van der Waals surface area contributed by atoms with Crippen molar-refractivity contribution in [2.45, 2.75) is 20.4 Å². The summed E-state index contributed by atoms with van der Waals surface area (Å²) < 4.78 is 0. The minimum Gasteiger partial charge on any atom is -0.332 e. The van der Waals surface area contributed by atoms with Crippen molar-refractivity contribution in [3.8, 4) is 0 Å². The molecule has 0 aliphatic carbocycles. The lowest BCUT2D eigenvalue weighted by molar-refractivity contribution is 0.0755. The van der Waals surface area contributed by atoms with E-state index in [1.165, 1.54) is 0 Å². The number of hydrogen-bond acceptors (Lipinski definition) is 2. The second-order valence-electron chi connectivity index (χ2n) is 6.83. The molecule has 0 spiro atoms. The van der Waals surface area contributed by atoms with Gasteiger partial charge in [0.15, 0.2) is 0 Å². The summed E-state index contributed by atoms with van der Waals surface area (Å²) in [6.45, 7) is 5.55. The third-order valence-corrected chi connectivity index (χ3v) is 4.20. The molecular weight excluding hydrogens is 326 g/mol. The third kappa shape index (κ3) is 4.17. The maximum absolute atomic E-state index is 12.7. The molecule has 3 amide bonds. The van der Waals surface area contributed by atoms with Crippen LogP contribution in [0.1, 0.15) is 35.3 Å².